The van der Waals surface area contributed by atoms with Gasteiger partial charge in [-0.2, -0.15) is 4.31 Å². The van der Waals surface area contributed by atoms with Gasteiger partial charge in [0.15, 0.2) is 4.90 Å². The van der Waals surface area contributed by atoms with Gasteiger partial charge in [0.1, 0.15) is 0 Å². The minimum atomic E-state index is -4.11. The number of rotatable bonds is 9. The van der Waals surface area contributed by atoms with Gasteiger partial charge in [-0.05, 0) is 37.6 Å². The molecule has 0 N–H and O–H groups in total. The number of ether oxygens (including phenoxy) is 1. The monoisotopic (exact) mass is 461 g/mol. The van der Waals surface area contributed by atoms with Crippen molar-refractivity contribution in [3.8, 4) is 0 Å². The molecule has 1 aliphatic heterocycles. The Morgan fingerprint density at radius 3 is 2.38 bits per heavy atom. The lowest BCUT2D eigenvalue weighted by atomic mass is 9.97. The Balaban J connectivity index is 1.79. The molecule has 0 spiro atoms. The third-order valence-electron chi connectivity index (χ3n) is 5.67. The summed E-state index contributed by atoms with van der Waals surface area (Å²) < 4.78 is 33.0. The number of nitro groups is 1. The van der Waals surface area contributed by atoms with Crippen LogP contribution in [0.1, 0.15) is 18.4 Å². The molecule has 2 aromatic rings. The van der Waals surface area contributed by atoms with E-state index in [1.165, 1.54) is 35.7 Å². The van der Waals surface area contributed by atoms with Gasteiger partial charge in [-0.25, -0.2) is 8.42 Å². The molecule has 2 aromatic carbocycles. The van der Waals surface area contributed by atoms with Crippen LogP contribution in [0.25, 0.3) is 0 Å². The van der Waals surface area contributed by atoms with Crippen molar-refractivity contribution >= 4 is 21.7 Å². The lowest BCUT2D eigenvalue weighted by Crippen LogP contribution is -2.42. The van der Waals surface area contributed by atoms with E-state index < -0.39 is 20.6 Å². The summed E-state index contributed by atoms with van der Waals surface area (Å²) >= 11 is 0. The van der Waals surface area contributed by atoms with Crippen LogP contribution in [0.4, 0.5) is 5.69 Å². The standard InChI is InChI=1S/C22H27N3O6S/c1-31-22(26)19-11-13-23(14-12-19)15-16-24(17-18-7-3-2-4-8-18)32(29,30)21-10-6-5-9-20(21)25(27)28/h2-10,19H,11-17H2,1H3. The molecule has 0 unspecified atom stereocenters. The Morgan fingerprint density at radius 2 is 1.75 bits per heavy atom. The van der Waals surface area contributed by atoms with E-state index in [9.17, 15) is 23.3 Å². The van der Waals surface area contributed by atoms with Gasteiger partial charge >= 0.3 is 5.97 Å². The zero-order valence-corrected chi connectivity index (χ0v) is 18.7. The lowest BCUT2D eigenvalue weighted by Gasteiger charge is -2.32. The van der Waals surface area contributed by atoms with Gasteiger partial charge in [-0.3, -0.25) is 14.9 Å². The molecule has 3 rings (SSSR count). The highest BCUT2D eigenvalue weighted by Gasteiger charge is 2.32. The van der Waals surface area contributed by atoms with Crippen LogP contribution < -0.4 is 0 Å². The molecule has 172 valence electrons. The lowest BCUT2D eigenvalue weighted by molar-refractivity contribution is -0.387. The fraction of sp³-hybridized carbons (Fsp3) is 0.409. The number of methoxy groups -OCH3 is 1. The first kappa shape index (κ1) is 23.8. The summed E-state index contributed by atoms with van der Waals surface area (Å²) in [5, 5.41) is 11.4. The third kappa shape index (κ3) is 5.70. The number of hydrogen-bond acceptors (Lipinski definition) is 7. The molecule has 0 saturated carbocycles. The molecule has 0 radical (unpaired) electrons. The van der Waals surface area contributed by atoms with Gasteiger partial charge in [-0.1, -0.05) is 42.5 Å². The van der Waals surface area contributed by atoms with E-state index in [1.807, 2.05) is 30.3 Å². The Morgan fingerprint density at radius 1 is 1.12 bits per heavy atom. The van der Waals surface area contributed by atoms with Crippen LogP contribution >= 0.6 is 0 Å². The number of likely N-dealkylation sites (tertiary alicyclic amines) is 1. The number of nitrogens with zero attached hydrogens (tertiary/aromatic N) is 3. The summed E-state index contributed by atoms with van der Waals surface area (Å²) in [5.41, 5.74) is 0.350. The summed E-state index contributed by atoms with van der Waals surface area (Å²) in [6.07, 6.45) is 1.31. The number of esters is 1. The molecular weight excluding hydrogens is 434 g/mol. The average Bonchev–Trinajstić information content (AvgIpc) is 2.82. The molecule has 10 heteroatoms. The van der Waals surface area contributed by atoms with Crippen molar-refractivity contribution in [2.24, 2.45) is 5.92 Å². The van der Waals surface area contributed by atoms with Crippen molar-refractivity contribution in [2.75, 3.05) is 33.3 Å². The zero-order valence-electron chi connectivity index (χ0n) is 17.9. The number of nitro benzene ring substituents is 1. The fourth-order valence-electron chi connectivity index (χ4n) is 3.85. The normalized spacial score (nSPS) is 15.6. The van der Waals surface area contributed by atoms with Crippen molar-refractivity contribution in [1.29, 1.82) is 0 Å². The van der Waals surface area contributed by atoms with Gasteiger partial charge < -0.3 is 9.64 Å². The maximum atomic E-state index is 13.5. The van der Waals surface area contributed by atoms with Gasteiger partial charge in [0.2, 0.25) is 10.0 Å². The van der Waals surface area contributed by atoms with Crippen molar-refractivity contribution < 1.29 is 22.9 Å². The topological polar surface area (TPSA) is 110 Å². The third-order valence-corrected chi connectivity index (χ3v) is 7.56. The molecule has 1 heterocycles. The van der Waals surface area contributed by atoms with Crippen LogP contribution in [-0.4, -0.2) is 61.8 Å². The number of sulfonamides is 1. The van der Waals surface area contributed by atoms with Crippen molar-refractivity contribution in [1.82, 2.24) is 9.21 Å². The van der Waals surface area contributed by atoms with Crippen molar-refractivity contribution in [2.45, 2.75) is 24.3 Å². The molecule has 1 saturated heterocycles. The second-order valence-corrected chi connectivity index (χ2v) is 9.59. The second kappa shape index (κ2) is 10.7. The van der Waals surface area contributed by atoms with Gasteiger partial charge in [0, 0.05) is 25.7 Å². The number of para-hydroxylation sites is 1. The van der Waals surface area contributed by atoms with Crippen LogP contribution in [0.3, 0.4) is 0 Å². The Labute approximate surface area is 187 Å². The predicted octanol–water partition coefficient (Wildman–Crippen LogP) is 2.67. The first-order chi connectivity index (χ1) is 15.3. The van der Waals surface area contributed by atoms with Crippen molar-refractivity contribution in [3.05, 3.63) is 70.3 Å². The number of carbonyl (C=O) groups excluding carboxylic acids is 1. The minimum absolute atomic E-state index is 0.105. The SMILES string of the molecule is COC(=O)C1CCN(CCN(Cc2ccccc2)S(=O)(=O)c2ccccc2[N+](=O)[O-])CC1. The molecular formula is C22H27N3O6S. The Hall–Kier alpha value is -2.82. The number of benzene rings is 2. The summed E-state index contributed by atoms with van der Waals surface area (Å²) in [4.78, 5) is 24.3. The van der Waals surface area contributed by atoms with Crippen molar-refractivity contribution in [3.63, 3.8) is 0 Å². The summed E-state index contributed by atoms with van der Waals surface area (Å²) in [6, 6.07) is 14.5. The fourth-order valence-corrected chi connectivity index (χ4v) is 5.42. The van der Waals surface area contributed by atoms with E-state index in [-0.39, 0.29) is 29.9 Å². The van der Waals surface area contributed by atoms with E-state index in [1.54, 1.807) is 0 Å². The molecule has 0 atom stereocenters. The van der Waals surface area contributed by atoms with Gasteiger partial charge in [0.05, 0.1) is 18.0 Å². The highest BCUT2D eigenvalue weighted by molar-refractivity contribution is 7.89. The molecule has 32 heavy (non-hydrogen) atoms. The molecule has 0 aromatic heterocycles. The second-order valence-electron chi connectivity index (χ2n) is 7.69. The van der Waals surface area contributed by atoms with Crippen LogP contribution in [0.15, 0.2) is 59.5 Å². The van der Waals surface area contributed by atoms with Crippen LogP contribution in [-0.2, 0) is 26.1 Å². The molecule has 0 bridgehead atoms. The largest absolute Gasteiger partial charge is 0.469 e. The maximum Gasteiger partial charge on any atom is 0.308 e. The maximum absolute atomic E-state index is 13.5. The van der Waals surface area contributed by atoms with E-state index in [0.717, 1.165) is 5.56 Å². The quantitative estimate of drug-likeness (QED) is 0.321. The summed E-state index contributed by atoms with van der Waals surface area (Å²) in [5.74, 6) is -0.346. The first-order valence-electron chi connectivity index (χ1n) is 10.4. The highest BCUT2D eigenvalue weighted by atomic mass is 32.2. The van der Waals surface area contributed by atoms with E-state index in [2.05, 4.69) is 4.90 Å². The molecule has 9 nitrogen and oxygen atoms in total. The van der Waals surface area contributed by atoms with Crippen LogP contribution in [0.2, 0.25) is 0 Å². The van der Waals surface area contributed by atoms with Gasteiger partial charge in [0.25, 0.3) is 5.69 Å². The Kier molecular flexibility index (Phi) is 7.94. The van der Waals surface area contributed by atoms with E-state index >= 15 is 0 Å². The predicted molar refractivity (Wildman–Crippen MR) is 118 cm³/mol. The summed E-state index contributed by atoms with van der Waals surface area (Å²) in [7, 11) is -2.73. The van der Waals surface area contributed by atoms with Crippen LogP contribution in [0.5, 0.6) is 0 Å². The molecule has 0 aliphatic carbocycles. The first-order valence-corrected chi connectivity index (χ1v) is 11.8. The number of carbonyl (C=O) groups is 1. The Bertz CT molecular complexity index is 1040. The van der Waals surface area contributed by atoms with Crippen LogP contribution in [0, 0.1) is 16.0 Å². The molecule has 1 fully saturated rings. The molecule has 0 amide bonds. The summed E-state index contributed by atoms with van der Waals surface area (Å²) in [6.45, 7) is 2.05. The molecule has 1 aliphatic rings. The van der Waals surface area contributed by atoms with E-state index in [0.29, 0.717) is 32.5 Å². The van der Waals surface area contributed by atoms with E-state index in [4.69, 9.17) is 4.74 Å². The number of piperidine rings is 1. The average molecular weight is 462 g/mol. The minimum Gasteiger partial charge on any atom is -0.469 e. The number of hydrogen-bond donors (Lipinski definition) is 0. The zero-order chi connectivity index (χ0) is 23.1. The smallest absolute Gasteiger partial charge is 0.308 e. The highest BCUT2D eigenvalue weighted by Crippen LogP contribution is 2.27. The van der Waals surface area contributed by atoms with Gasteiger partial charge in [-0.15, -0.1) is 0 Å².